The third-order valence-electron chi connectivity index (χ3n) is 2.33. The normalized spacial score (nSPS) is 10.3. The second-order valence-corrected chi connectivity index (χ2v) is 4.02. The van der Waals surface area contributed by atoms with Crippen LogP contribution in [0.1, 0.15) is 10.4 Å². The molecule has 0 fully saturated rings. The molecular weight excluding hydrogens is 254 g/mol. The second kappa shape index (κ2) is 4.03. The maximum absolute atomic E-state index is 11.5. The highest BCUT2D eigenvalue weighted by Gasteiger charge is 2.10. The minimum Gasteiger partial charge on any atom is -0.355 e. The van der Waals surface area contributed by atoms with Crippen LogP contribution in [0, 0.1) is 0 Å². The predicted molar refractivity (Wildman–Crippen MR) is 65.0 cm³/mol. The molecule has 0 spiro atoms. The quantitative estimate of drug-likeness (QED) is 0.842. The van der Waals surface area contributed by atoms with E-state index in [2.05, 4.69) is 21.2 Å². The highest BCUT2D eigenvalue weighted by atomic mass is 79.9. The van der Waals surface area contributed by atoms with Gasteiger partial charge < -0.3 is 5.32 Å². The lowest BCUT2D eigenvalue weighted by Crippen LogP contribution is -2.18. The number of halogens is 1. The van der Waals surface area contributed by atoms with Crippen molar-refractivity contribution in [2.45, 2.75) is 0 Å². The minimum atomic E-state index is -0.0763. The van der Waals surface area contributed by atoms with E-state index in [4.69, 9.17) is 0 Å². The molecule has 15 heavy (non-hydrogen) atoms. The molecule has 3 heteroatoms. The Kier molecular flexibility index (Phi) is 2.73. The average molecular weight is 264 g/mol. The van der Waals surface area contributed by atoms with Gasteiger partial charge in [0.05, 0.1) is 5.56 Å². The molecule has 0 saturated carbocycles. The number of fused-ring (bicyclic) bond motifs is 1. The molecule has 1 amide bonds. The third kappa shape index (κ3) is 1.75. The van der Waals surface area contributed by atoms with Crippen LogP contribution in [0.15, 0.2) is 40.9 Å². The van der Waals surface area contributed by atoms with Gasteiger partial charge in [-0.3, -0.25) is 4.79 Å². The van der Waals surface area contributed by atoms with Crippen LogP contribution in [-0.4, -0.2) is 13.0 Å². The minimum absolute atomic E-state index is 0.0763. The standard InChI is InChI=1S/C12H10BrNO/c1-14-12(15)10-7-6-8-4-2-3-5-9(8)11(10)13/h2-7H,1H3,(H,14,15). The largest absolute Gasteiger partial charge is 0.355 e. The van der Waals surface area contributed by atoms with Crippen LogP contribution in [0.4, 0.5) is 0 Å². The van der Waals surface area contributed by atoms with Crippen LogP contribution in [0.3, 0.4) is 0 Å². The monoisotopic (exact) mass is 263 g/mol. The highest BCUT2D eigenvalue weighted by molar-refractivity contribution is 9.10. The lowest BCUT2D eigenvalue weighted by atomic mass is 10.1. The summed E-state index contributed by atoms with van der Waals surface area (Å²) in [4.78, 5) is 11.5. The second-order valence-electron chi connectivity index (χ2n) is 3.23. The molecule has 2 aromatic rings. The Morgan fingerprint density at radius 3 is 2.67 bits per heavy atom. The summed E-state index contributed by atoms with van der Waals surface area (Å²) in [5, 5.41) is 4.79. The van der Waals surface area contributed by atoms with Gasteiger partial charge >= 0.3 is 0 Å². The van der Waals surface area contributed by atoms with E-state index in [0.29, 0.717) is 5.56 Å². The van der Waals surface area contributed by atoms with E-state index in [-0.39, 0.29) is 5.91 Å². The molecule has 0 aliphatic heterocycles. The van der Waals surface area contributed by atoms with Crippen molar-refractivity contribution in [1.82, 2.24) is 5.32 Å². The van der Waals surface area contributed by atoms with Crippen LogP contribution in [0.25, 0.3) is 10.8 Å². The number of amides is 1. The topological polar surface area (TPSA) is 29.1 Å². The molecule has 1 N–H and O–H groups in total. The van der Waals surface area contributed by atoms with E-state index in [0.717, 1.165) is 15.2 Å². The Morgan fingerprint density at radius 2 is 1.93 bits per heavy atom. The van der Waals surface area contributed by atoms with E-state index in [9.17, 15) is 4.79 Å². The van der Waals surface area contributed by atoms with Crippen LogP contribution >= 0.6 is 15.9 Å². The van der Waals surface area contributed by atoms with Gasteiger partial charge in [-0.15, -0.1) is 0 Å². The van der Waals surface area contributed by atoms with Crippen molar-refractivity contribution in [2.24, 2.45) is 0 Å². The number of carbonyl (C=O) groups excluding carboxylic acids is 1. The van der Waals surface area contributed by atoms with Gasteiger partial charge in [0, 0.05) is 11.5 Å². The number of nitrogens with one attached hydrogen (secondary N) is 1. The van der Waals surface area contributed by atoms with Crippen LogP contribution < -0.4 is 5.32 Å². The van der Waals surface area contributed by atoms with Crippen molar-refractivity contribution in [3.8, 4) is 0 Å². The predicted octanol–water partition coefficient (Wildman–Crippen LogP) is 2.96. The summed E-state index contributed by atoms with van der Waals surface area (Å²) in [6, 6.07) is 11.7. The average Bonchev–Trinajstić information content (AvgIpc) is 2.29. The van der Waals surface area contributed by atoms with Gasteiger partial charge in [0.2, 0.25) is 0 Å². The molecule has 76 valence electrons. The third-order valence-corrected chi connectivity index (χ3v) is 3.19. The van der Waals surface area contributed by atoms with Gasteiger partial charge in [-0.25, -0.2) is 0 Å². The molecule has 0 unspecified atom stereocenters. The fourth-order valence-corrected chi connectivity index (χ4v) is 2.22. The summed E-state index contributed by atoms with van der Waals surface area (Å²) in [6.07, 6.45) is 0. The summed E-state index contributed by atoms with van der Waals surface area (Å²) < 4.78 is 0.847. The summed E-state index contributed by atoms with van der Waals surface area (Å²) >= 11 is 3.46. The Labute approximate surface area is 96.4 Å². The molecular formula is C12H10BrNO. The molecule has 0 aliphatic carbocycles. The number of carbonyl (C=O) groups is 1. The highest BCUT2D eigenvalue weighted by Crippen LogP contribution is 2.27. The number of benzene rings is 2. The first-order valence-electron chi connectivity index (χ1n) is 4.63. The van der Waals surface area contributed by atoms with E-state index >= 15 is 0 Å². The van der Waals surface area contributed by atoms with Gasteiger partial charge in [0.15, 0.2) is 0 Å². The number of hydrogen-bond acceptors (Lipinski definition) is 1. The Bertz CT molecular complexity index is 522. The zero-order valence-corrected chi connectivity index (χ0v) is 9.84. The molecule has 0 aliphatic rings. The van der Waals surface area contributed by atoms with Crippen LogP contribution in [0.5, 0.6) is 0 Å². The van der Waals surface area contributed by atoms with E-state index < -0.39 is 0 Å². The maximum atomic E-state index is 11.5. The Balaban J connectivity index is 2.70. The first-order chi connectivity index (χ1) is 7.24. The molecule has 0 aromatic heterocycles. The Hall–Kier alpha value is -1.35. The summed E-state index contributed by atoms with van der Waals surface area (Å²) in [5.74, 6) is -0.0763. The summed E-state index contributed by atoms with van der Waals surface area (Å²) in [7, 11) is 1.63. The lowest BCUT2D eigenvalue weighted by molar-refractivity contribution is 0.0962. The molecule has 0 radical (unpaired) electrons. The molecule has 2 aromatic carbocycles. The molecule has 2 nitrogen and oxygen atoms in total. The van der Waals surface area contributed by atoms with Crippen molar-refractivity contribution in [1.29, 1.82) is 0 Å². The van der Waals surface area contributed by atoms with Crippen molar-refractivity contribution in [3.63, 3.8) is 0 Å². The summed E-state index contributed by atoms with van der Waals surface area (Å²) in [6.45, 7) is 0. The number of rotatable bonds is 1. The first kappa shape index (κ1) is 10.2. The first-order valence-corrected chi connectivity index (χ1v) is 5.42. The molecule has 0 heterocycles. The molecule has 0 bridgehead atoms. The summed E-state index contributed by atoms with van der Waals surface area (Å²) in [5.41, 5.74) is 0.663. The fraction of sp³-hybridized carbons (Fsp3) is 0.0833. The fourth-order valence-electron chi connectivity index (χ4n) is 1.54. The van der Waals surface area contributed by atoms with Gasteiger partial charge in [-0.05, 0) is 32.8 Å². The molecule has 0 atom stereocenters. The van der Waals surface area contributed by atoms with Gasteiger partial charge in [0.1, 0.15) is 0 Å². The van der Waals surface area contributed by atoms with Crippen molar-refractivity contribution in [2.75, 3.05) is 7.05 Å². The molecule has 0 saturated heterocycles. The van der Waals surface area contributed by atoms with Gasteiger partial charge in [-0.1, -0.05) is 30.3 Å². The lowest BCUT2D eigenvalue weighted by Gasteiger charge is -2.06. The van der Waals surface area contributed by atoms with E-state index in [1.165, 1.54) is 0 Å². The van der Waals surface area contributed by atoms with Crippen LogP contribution in [-0.2, 0) is 0 Å². The van der Waals surface area contributed by atoms with Crippen molar-refractivity contribution >= 4 is 32.6 Å². The van der Waals surface area contributed by atoms with E-state index in [1.807, 2.05) is 36.4 Å². The van der Waals surface area contributed by atoms with Gasteiger partial charge in [-0.2, -0.15) is 0 Å². The zero-order chi connectivity index (χ0) is 10.8. The van der Waals surface area contributed by atoms with E-state index in [1.54, 1.807) is 7.05 Å². The SMILES string of the molecule is CNC(=O)c1ccc2ccccc2c1Br. The van der Waals surface area contributed by atoms with Crippen LogP contribution in [0.2, 0.25) is 0 Å². The van der Waals surface area contributed by atoms with Gasteiger partial charge in [0.25, 0.3) is 5.91 Å². The number of hydrogen-bond donors (Lipinski definition) is 1. The zero-order valence-electron chi connectivity index (χ0n) is 8.25. The Morgan fingerprint density at radius 1 is 1.20 bits per heavy atom. The van der Waals surface area contributed by atoms with Crippen molar-refractivity contribution in [3.05, 3.63) is 46.4 Å². The van der Waals surface area contributed by atoms with Crippen molar-refractivity contribution < 1.29 is 4.79 Å². The smallest absolute Gasteiger partial charge is 0.252 e. The molecule has 2 rings (SSSR count). The maximum Gasteiger partial charge on any atom is 0.252 e.